The van der Waals surface area contributed by atoms with Crippen LogP contribution in [0.3, 0.4) is 0 Å². The van der Waals surface area contributed by atoms with Crippen molar-refractivity contribution in [3.8, 4) is 0 Å². The fourth-order valence-electron chi connectivity index (χ4n) is 1.58. The lowest BCUT2D eigenvalue weighted by atomic mass is 10.2. The lowest BCUT2D eigenvalue weighted by Crippen LogP contribution is -2.17. The molecule has 0 aromatic heterocycles. The van der Waals surface area contributed by atoms with Crippen LogP contribution >= 0.6 is 15.9 Å². The maximum atomic E-state index is 13.0. The van der Waals surface area contributed by atoms with Gasteiger partial charge in [-0.25, -0.2) is 4.39 Å². The maximum absolute atomic E-state index is 13.0. The number of benzene rings is 1. The van der Waals surface area contributed by atoms with Gasteiger partial charge in [0, 0.05) is 4.47 Å². The molecular formula is C11H9BrFNO3. The van der Waals surface area contributed by atoms with Gasteiger partial charge in [0.2, 0.25) is 5.91 Å². The third kappa shape index (κ3) is 2.63. The minimum Gasteiger partial charge on any atom is -0.481 e. The summed E-state index contributed by atoms with van der Waals surface area (Å²) in [7, 11) is 0. The highest BCUT2D eigenvalue weighted by Gasteiger charge is 2.48. The highest BCUT2D eigenvalue weighted by molar-refractivity contribution is 9.10. The van der Waals surface area contributed by atoms with E-state index in [1.54, 1.807) is 0 Å². The number of rotatable bonds is 3. The van der Waals surface area contributed by atoms with Crippen LogP contribution in [0.25, 0.3) is 0 Å². The third-order valence-electron chi connectivity index (χ3n) is 2.63. The van der Waals surface area contributed by atoms with Crippen molar-refractivity contribution in [3.63, 3.8) is 0 Å². The van der Waals surface area contributed by atoms with Crippen molar-refractivity contribution in [2.24, 2.45) is 11.8 Å². The monoisotopic (exact) mass is 301 g/mol. The molecule has 17 heavy (non-hydrogen) atoms. The summed E-state index contributed by atoms with van der Waals surface area (Å²) in [6, 6.07) is 3.92. The van der Waals surface area contributed by atoms with Crippen LogP contribution in [-0.4, -0.2) is 17.0 Å². The summed E-state index contributed by atoms with van der Waals surface area (Å²) in [6.45, 7) is 0. The van der Waals surface area contributed by atoms with Gasteiger partial charge >= 0.3 is 5.97 Å². The van der Waals surface area contributed by atoms with Gasteiger partial charge in [0.1, 0.15) is 5.82 Å². The lowest BCUT2D eigenvalue weighted by Gasteiger charge is -2.06. The van der Waals surface area contributed by atoms with Crippen molar-refractivity contribution in [1.82, 2.24) is 0 Å². The number of hydrogen-bond donors (Lipinski definition) is 2. The maximum Gasteiger partial charge on any atom is 0.307 e. The third-order valence-corrected chi connectivity index (χ3v) is 3.32. The molecule has 0 radical (unpaired) electrons. The molecular weight excluding hydrogens is 293 g/mol. The van der Waals surface area contributed by atoms with Crippen molar-refractivity contribution in [2.75, 3.05) is 5.32 Å². The molecule has 1 aliphatic rings. The molecule has 0 aliphatic heterocycles. The van der Waals surface area contributed by atoms with E-state index in [2.05, 4.69) is 21.2 Å². The molecule has 2 N–H and O–H groups in total. The predicted molar refractivity (Wildman–Crippen MR) is 62.0 cm³/mol. The van der Waals surface area contributed by atoms with Crippen molar-refractivity contribution < 1.29 is 19.1 Å². The van der Waals surface area contributed by atoms with E-state index in [9.17, 15) is 14.0 Å². The van der Waals surface area contributed by atoms with Crippen molar-refractivity contribution in [1.29, 1.82) is 0 Å². The summed E-state index contributed by atoms with van der Waals surface area (Å²) < 4.78 is 13.5. The first kappa shape index (κ1) is 12.0. The summed E-state index contributed by atoms with van der Waals surface area (Å²) in [5.74, 6) is -2.94. The lowest BCUT2D eigenvalue weighted by molar-refractivity contribution is -0.139. The van der Waals surface area contributed by atoms with Crippen LogP contribution < -0.4 is 5.32 Å². The number of carboxylic acid groups (broad SMARTS) is 1. The topological polar surface area (TPSA) is 66.4 Å². The molecule has 2 atom stereocenters. The highest BCUT2D eigenvalue weighted by atomic mass is 79.9. The minimum atomic E-state index is -0.969. The summed E-state index contributed by atoms with van der Waals surface area (Å²) in [6.07, 6.45) is 0.341. The molecule has 1 aromatic rings. The van der Waals surface area contributed by atoms with Crippen molar-refractivity contribution in [2.45, 2.75) is 6.42 Å². The molecule has 0 heterocycles. The molecule has 6 heteroatoms. The second-order valence-corrected chi connectivity index (χ2v) is 4.75. The van der Waals surface area contributed by atoms with Gasteiger partial charge in [-0.15, -0.1) is 0 Å². The average molecular weight is 302 g/mol. The Morgan fingerprint density at radius 2 is 2.12 bits per heavy atom. The molecule has 4 nitrogen and oxygen atoms in total. The van der Waals surface area contributed by atoms with Gasteiger partial charge in [0.05, 0.1) is 17.5 Å². The summed E-state index contributed by atoms with van der Waals surface area (Å²) in [5, 5.41) is 11.2. The molecule has 0 saturated heterocycles. The summed E-state index contributed by atoms with van der Waals surface area (Å²) in [5.41, 5.74) is 0.311. The fraction of sp³-hybridized carbons (Fsp3) is 0.273. The Bertz CT molecular complexity index is 492. The van der Waals surface area contributed by atoms with E-state index in [1.165, 1.54) is 18.2 Å². The zero-order valence-corrected chi connectivity index (χ0v) is 10.2. The number of halogens is 2. The quantitative estimate of drug-likeness (QED) is 0.900. The number of nitrogens with one attached hydrogen (secondary N) is 1. The Labute approximate surface area is 105 Å². The smallest absolute Gasteiger partial charge is 0.307 e. The van der Waals surface area contributed by atoms with Gasteiger partial charge in [0.15, 0.2) is 0 Å². The second-order valence-electron chi connectivity index (χ2n) is 3.90. The van der Waals surface area contributed by atoms with E-state index in [0.717, 1.165) is 0 Å². The van der Waals surface area contributed by atoms with Gasteiger partial charge in [0.25, 0.3) is 0 Å². The average Bonchev–Trinajstić information content (AvgIpc) is 3.03. The Morgan fingerprint density at radius 1 is 1.41 bits per heavy atom. The highest BCUT2D eigenvalue weighted by Crippen LogP contribution is 2.39. The van der Waals surface area contributed by atoms with E-state index in [-0.39, 0.29) is 5.91 Å². The largest absolute Gasteiger partial charge is 0.481 e. The fourth-order valence-corrected chi connectivity index (χ4v) is 1.92. The van der Waals surface area contributed by atoms with E-state index in [4.69, 9.17) is 5.11 Å². The van der Waals surface area contributed by atoms with Crippen molar-refractivity contribution >= 4 is 33.5 Å². The number of carboxylic acids is 1. The van der Waals surface area contributed by atoms with E-state index < -0.39 is 23.6 Å². The Hall–Kier alpha value is -1.43. The summed E-state index contributed by atoms with van der Waals surface area (Å²) >= 11 is 3.17. The normalized spacial score (nSPS) is 22.0. The van der Waals surface area contributed by atoms with E-state index in [1.807, 2.05) is 0 Å². The molecule has 2 rings (SSSR count). The summed E-state index contributed by atoms with van der Waals surface area (Å²) in [4.78, 5) is 22.2. The molecule has 1 fully saturated rings. The van der Waals surface area contributed by atoms with Gasteiger partial charge in [-0.1, -0.05) is 0 Å². The predicted octanol–water partition coefficient (Wildman–Crippen LogP) is 2.25. The Kier molecular flexibility index (Phi) is 3.15. The number of carbonyl (C=O) groups is 2. The minimum absolute atomic E-state index is 0.311. The van der Waals surface area contributed by atoms with Crippen LogP contribution in [0.15, 0.2) is 22.7 Å². The molecule has 0 unspecified atom stereocenters. The van der Waals surface area contributed by atoms with Gasteiger partial charge in [-0.2, -0.15) is 0 Å². The number of anilines is 1. The molecule has 90 valence electrons. The first-order valence-corrected chi connectivity index (χ1v) is 5.77. The van der Waals surface area contributed by atoms with Crippen molar-refractivity contribution in [3.05, 3.63) is 28.5 Å². The number of carbonyl (C=O) groups excluding carboxylic acids is 1. The van der Waals surface area contributed by atoms with Gasteiger partial charge in [-0.3, -0.25) is 9.59 Å². The first-order valence-electron chi connectivity index (χ1n) is 4.98. The Morgan fingerprint density at radius 3 is 2.71 bits per heavy atom. The zero-order chi connectivity index (χ0) is 12.6. The zero-order valence-electron chi connectivity index (χ0n) is 8.61. The first-order chi connectivity index (χ1) is 7.99. The van der Waals surface area contributed by atoms with Crippen LogP contribution in [0.4, 0.5) is 10.1 Å². The molecule has 1 aliphatic carbocycles. The standard InChI is InChI=1S/C11H9BrFNO3/c12-8-2-1-5(13)3-9(8)14-10(15)6-4-7(6)11(16)17/h1-3,6-7H,4H2,(H,14,15)(H,16,17)/t6-,7+/m1/s1. The molecule has 0 bridgehead atoms. The van der Waals surface area contributed by atoms with Crippen LogP contribution in [0.1, 0.15) is 6.42 Å². The Balaban J connectivity index is 2.04. The van der Waals surface area contributed by atoms with Crippen LogP contribution in [0, 0.1) is 17.7 Å². The van der Waals surface area contributed by atoms with E-state index in [0.29, 0.717) is 16.6 Å². The number of aliphatic carboxylic acids is 1. The number of amides is 1. The number of hydrogen-bond acceptors (Lipinski definition) is 2. The van der Waals surface area contributed by atoms with E-state index >= 15 is 0 Å². The molecule has 0 spiro atoms. The van der Waals surface area contributed by atoms with Crippen LogP contribution in [-0.2, 0) is 9.59 Å². The van der Waals surface area contributed by atoms with Gasteiger partial charge in [-0.05, 0) is 40.5 Å². The van der Waals surface area contributed by atoms with Crippen LogP contribution in [0.2, 0.25) is 0 Å². The molecule has 1 saturated carbocycles. The molecule has 1 aromatic carbocycles. The SMILES string of the molecule is O=C(O)[C@H]1C[C@H]1C(=O)Nc1cc(F)ccc1Br. The van der Waals surface area contributed by atoms with Crippen LogP contribution in [0.5, 0.6) is 0 Å². The van der Waals surface area contributed by atoms with Gasteiger partial charge < -0.3 is 10.4 Å². The molecule has 1 amide bonds. The second kappa shape index (κ2) is 4.44.